The summed E-state index contributed by atoms with van der Waals surface area (Å²) in [5.41, 5.74) is 6.58. The van der Waals surface area contributed by atoms with Gasteiger partial charge in [-0.05, 0) is 23.8 Å². The van der Waals surface area contributed by atoms with Crippen LogP contribution in [0.5, 0.6) is 5.75 Å². The molecule has 2 N–H and O–H groups in total. The van der Waals surface area contributed by atoms with Crippen LogP contribution in [0.4, 0.5) is 9.18 Å². The van der Waals surface area contributed by atoms with Crippen molar-refractivity contribution in [1.29, 1.82) is 0 Å². The molecule has 22 heavy (non-hydrogen) atoms. The highest BCUT2D eigenvalue weighted by atomic mass is 79.9. The lowest BCUT2D eigenvalue weighted by Crippen LogP contribution is -2.19. The molecular weight excluding hydrogens is 355 g/mol. The smallest absolute Gasteiger partial charge is 0.405 e. The second-order valence-corrected chi connectivity index (χ2v) is 4.99. The summed E-state index contributed by atoms with van der Waals surface area (Å²) in [6.45, 7) is 0. The molecule has 7 heteroatoms. The summed E-state index contributed by atoms with van der Waals surface area (Å²) in [6, 6.07) is 8.43. The Kier molecular flexibility index (Phi) is 5.32. The Balaban J connectivity index is 2.42. The maximum absolute atomic E-state index is 13.6. The molecule has 0 spiro atoms. The van der Waals surface area contributed by atoms with Crippen LogP contribution >= 0.6 is 15.9 Å². The second kappa shape index (κ2) is 7.22. The molecule has 0 bridgehead atoms. The molecule has 0 saturated heterocycles. The van der Waals surface area contributed by atoms with Crippen LogP contribution in [0.15, 0.2) is 36.5 Å². The Hall–Kier alpha value is -2.15. The molecule has 1 unspecified atom stereocenters. The minimum atomic E-state index is -0.938. The van der Waals surface area contributed by atoms with E-state index in [4.69, 9.17) is 15.2 Å². The average Bonchev–Trinajstić information content (AvgIpc) is 2.53. The van der Waals surface area contributed by atoms with Gasteiger partial charge in [0.05, 0.1) is 19.0 Å². The Morgan fingerprint density at radius 2 is 2.09 bits per heavy atom. The topological polar surface area (TPSA) is 74.4 Å². The molecule has 0 fully saturated rings. The summed E-state index contributed by atoms with van der Waals surface area (Å²) in [5, 5.41) is 0.320. The zero-order chi connectivity index (χ0) is 16.1. The number of benzene rings is 1. The van der Waals surface area contributed by atoms with E-state index >= 15 is 0 Å². The summed E-state index contributed by atoms with van der Waals surface area (Å²) in [6.07, 6.45) is -0.665. The average molecular weight is 369 g/mol. The van der Waals surface area contributed by atoms with Crippen molar-refractivity contribution in [1.82, 2.24) is 4.98 Å². The number of rotatable bonds is 5. The van der Waals surface area contributed by atoms with Crippen molar-refractivity contribution >= 4 is 22.0 Å². The van der Waals surface area contributed by atoms with E-state index in [2.05, 4.69) is 20.9 Å². The van der Waals surface area contributed by atoms with Gasteiger partial charge in [0.15, 0.2) is 6.10 Å². The summed E-state index contributed by atoms with van der Waals surface area (Å²) >= 11 is 3.20. The summed E-state index contributed by atoms with van der Waals surface area (Å²) in [7, 11) is 1.55. The second-order valence-electron chi connectivity index (χ2n) is 4.42. The molecule has 2 rings (SSSR count). The van der Waals surface area contributed by atoms with Crippen LogP contribution in [-0.2, 0) is 10.1 Å². The highest BCUT2D eigenvalue weighted by molar-refractivity contribution is 9.08. The normalized spacial score (nSPS) is 11.8. The fraction of sp³-hybridized carbons (Fsp3) is 0.200. The number of carbonyl (C=O) groups is 1. The van der Waals surface area contributed by atoms with E-state index in [9.17, 15) is 9.18 Å². The Morgan fingerprint density at radius 3 is 2.64 bits per heavy atom. The summed E-state index contributed by atoms with van der Waals surface area (Å²) in [5.74, 6) is 0.225. The van der Waals surface area contributed by atoms with Crippen molar-refractivity contribution < 1.29 is 18.7 Å². The number of ether oxygens (including phenoxy) is 2. The lowest BCUT2D eigenvalue weighted by molar-refractivity contribution is 0.124. The third-order valence-electron chi connectivity index (χ3n) is 3.02. The van der Waals surface area contributed by atoms with E-state index in [1.807, 2.05) is 0 Å². The monoisotopic (exact) mass is 368 g/mol. The summed E-state index contributed by atoms with van der Waals surface area (Å²) < 4.78 is 23.8. The fourth-order valence-electron chi connectivity index (χ4n) is 1.94. The maximum Gasteiger partial charge on any atom is 0.405 e. The van der Waals surface area contributed by atoms with Crippen LogP contribution < -0.4 is 10.5 Å². The number of nitrogens with zero attached hydrogens (tertiary/aromatic N) is 1. The first-order valence-electron chi connectivity index (χ1n) is 6.35. The van der Waals surface area contributed by atoms with E-state index in [0.29, 0.717) is 27.9 Å². The van der Waals surface area contributed by atoms with E-state index < -0.39 is 18.0 Å². The van der Waals surface area contributed by atoms with Crippen LogP contribution in [0.2, 0.25) is 0 Å². The maximum atomic E-state index is 13.6. The van der Waals surface area contributed by atoms with Crippen LogP contribution in [0.3, 0.4) is 0 Å². The molecule has 0 aliphatic heterocycles. The molecule has 0 aliphatic rings. The van der Waals surface area contributed by atoms with Gasteiger partial charge in [-0.15, -0.1) is 0 Å². The van der Waals surface area contributed by atoms with Crippen molar-refractivity contribution in [2.24, 2.45) is 5.73 Å². The predicted molar refractivity (Wildman–Crippen MR) is 82.3 cm³/mol. The van der Waals surface area contributed by atoms with Crippen LogP contribution in [0.25, 0.3) is 0 Å². The number of nitrogens with two attached hydrogens (primary N) is 1. The lowest BCUT2D eigenvalue weighted by Gasteiger charge is -2.17. The summed E-state index contributed by atoms with van der Waals surface area (Å²) in [4.78, 5) is 15.2. The van der Waals surface area contributed by atoms with Gasteiger partial charge in [-0.3, -0.25) is 4.98 Å². The first kappa shape index (κ1) is 16.2. The number of carbonyl (C=O) groups excluding carboxylic acids is 1. The standard InChI is InChI=1S/C15H14BrFN2O3/c1-21-11-4-2-9(3-5-11)14(22-15(18)20)13-6-10(7-16)12(17)8-19-13/h2-6,8,14H,7H2,1H3,(H2,18,20). The van der Waals surface area contributed by atoms with Gasteiger partial charge >= 0.3 is 6.09 Å². The minimum absolute atomic E-state index is 0.320. The fourth-order valence-corrected chi connectivity index (χ4v) is 2.37. The molecule has 1 heterocycles. The van der Waals surface area contributed by atoms with Gasteiger partial charge in [0, 0.05) is 10.9 Å². The number of amides is 1. The van der Waals surface area contributed by atoms with Crippen molar-refractivity contribution in [2.75, 3.05) is 7.11 Å². The van der Waals surface area contributed by atoms with E-state index in [-0.39, 0.29) is 0 Å². The van der Waals surface area contributed by atoms with Crippen LogP contribution in [0.1, 0.15) is 22.9 Å². The van der Waals surface area contributed by atoms with Gasteiger partial charge in [0.1, 0.15) is 11.6 Å². The quantitative estimate of drug-likeness (QED) is 0.821. The number of methoxy groups -OCH3 is 1. The Morgan fingerprint density at radius 1 is 1.41 bits per heavy atom. The van der Waals surface area contributed by atoms with Gasteiger partial charge in [-0.25, -0.2) is 9.18 Å². The van der Waals surface area contributed by atoms with Crippen molar-refractivity contribution in [3.63, 3.8) is 0 Å². The molecule has 116 valence electrons. The Labute approximate surface area is 135 Å². The first-order chi connectivity index (χ1) is 10.5. The van der Waals surface area contributed by atoms with Gasteiger partial charge in [0.2, 0.25) is 0 Å². The highest BCUT2D eigenvalue weighted by Gasteiger charge is 2.20. The number of hydrogen-bond donors (Lipinski definition) is 1. The van der Waals surface area contributed by atoms with Gasteiger partial charge in [-0.1, -0.05) is 28.1 Å². The van der Waals surface area contributed by atoms with Crippen molar-refractivity contribution in [3.05, 3.63) is 59.2 Å². The molecule has 1 aromatic carbocycles. The first-order valence-corrected chi connectivity index (χ1v) is 7.47. The number of alkyl halides is 1. The third-order valence-corrected chi connectivity index (χ3v) is 3.63. The largest absolute Gasteiger partial charge is 0.497 e. The van der Waals surface area contributed by atoms with E-state index in [1.54, 1.807) is 31.4 Å². The number of primary amides is 1. The van der Waals surface area contributed by atoms with Crippen LogP contribution in [-0.4, -0.2) is 18.2 Å². The molecule has 5 nitrogen and oxygen atoms in total. The van der Waals surface area contributed by atoms with E-state index in [0.717, 1.165) is 6.20 Å². The van der Waals surface area contributed by atoms with Gasteiger partial charge in [0.25, 0.3) is 0 Å². The molecule has 2 aromatic rings. The van der Waals surface area contributed by atoms with Gasteiger partial charge in [-0.2, -0.15) is 0 Å². The minimum Gasteiger partial charge on any atom is -0.497 e. The third kappa shape index (κ3) is 3.73. The molecule has 1 aromatic heterocycles. The zero-order valence-corrected chi connectivity index (χ0v) is 13.3. The molecule has 0 aliphatic carbocycles. The SMILES string of the molecule is COc1ccc(C(OC(N)=O)c2cc(CBr)c(F)cn2)cc1. The molecule has 0 radical (unpaired) electrons. The predicted octanol–water partition coefficient (Wildman–Crippen LogP) is 3.31. The molecule has 1 amide bonds. The highest BCUT2D eigenvalue weighted by Crippen LogP contribution is 2.27. The Bertz CT molecular complexity index is 664. The van der Waals surface area contributed by atoms with Crippen LogP contribution in [0, 0.1) is 5.82 Å². The number of hydrogen-bond acceptors (Lipinski definition) is 4. The molecule has 1 atom stereocenters. The zero-order valence-electron chi connectivity index (χ0n) is 11.8. The van der Waals surface area contributed by atoms with Crippen molar-refractivity contribution in [2.45, 2.75) is 11.4 Å². The van der Waals surface area contributed by atoms with Gasteiger partial charge < -0.3 is 15.2 Å². The number of aromatic nitrogens is 1. The van der Waals surface area contributed by atoms with E-state index in [1.165, 1.54) is 6.07 Å². The number of pyridine rings is 1. The lowest BCUT2D eigenvalue weighted by atomic mass is 10.0. The molecular formula is C15H14BrFN2O3. The number of halogens is 2. The van der Waals surface area contributed by atoms with Crippen molar-refractivity contribution in [3.8, 4) is 5.75 Å². The molecule has 0 saturated carbocycles.